The molecule has 0 aliphatic carbocycles. The maximum Gasteiger partial charge on any atom is 0.328 e. The first-order valence-electron chi connectivity index (χ1n) is 6.25. The Morgan fingerprint density at radius 1 is 1.40 bits per heavy atom. The van der Waals surface area contributed by atoms with E-state index in [0.29, 0.717) is 0 Å². The molecule has 6 heteroatoms. The van der Waals surface area contributed by atoms with Gasteiger partial charge in [0.05, 0.1) is 6.20 Å². The summed E-state index contributed by atoms with van der Waals surface area (Å²) in [6.07, 6.45) is 7.13. The maximum absolute atomic E-state index is 11.0. The molecule has 1 N–H and O–H groups in total. The zero-order valence-corrected chi connectivity index (χ0v) is 11.2. The van der Waals surface area contributed by atoms with Crippen molar-refractivity contribution in [1.29, 1.82) is 0 Å². The summed E-state index contributed by atoms with van der Waals surface area (Å²) in [4.78, 5) is 15.3. The largest absolute Gasteiger partial charge is 0.480 e. The zero-order valence-electron chi connectivity index (χ0n) is 11.2. The Balaban J connectivity index is 2.10. The van der Waals surface area contributed by atoms with Crippen LogP contribution in [0.5, 0.6) is 0 Å². The van der Waals surface area contributed by atoms with E-state index in [1.54, 1.807) is 25.5 Å². The van der Waals surface area contributed by atoms with Gasteiger partial charge >= 0.3 is 5.97 Å². The van der Waals surface area contributed by atoms with Gasteiger partial charge in [0, 0.05) is 36.6 Å². The van der Waals surface area contributed by atoms with Crippen molar-refractivity contribution >= 4 is 17.0 Å². The van der Waals surface area contributed by atoms with Crippen molar-refractivity contribution in [3.05, 3.63) is 36.9 Å². The van der Waals surface area contributed by atoms with Gasteiger partial charge in [-0.15, -0.1) is 0 Å². The first-order valence-corrected chi connectivity index (χ1v) is 6.25. The molecule has 6 nitrogen and oxygen atoms in total. The molecular formula is C14H14N4O2. The van der Waals surface area contributed by atoms with Crippen LogP contribution in [0, 0.1) is 0 Å². The van der Waals surface area contributed by atoms with Gasteiger partial charge in [-0.3, -0.25) is 4.68 Å². The number of aromatic nitrogens is 4. The molecule has 0 spiro atoms. The third-order valence-electron chi connectivity index (χ3n) is 3.43. The molecule has 0 aliphatic heterocycles. The molecule has 0 amide bonds. The fourth-order valence-electron chi connectivity index (χ4n) is 2.22. The maximum atomic E-state index is 11.0. The second-order valence-corrected chi connectivity index (χ2v) is 4.75. The summed E-state index contributed by atoms with van der Waals surface area (Å²) in [6, 6.07) is 3.22. The van der Waals surface area contributed by atoms with Crippen LogP contribution in [-0.4, -0.2) is 30.4 Å². The van der Waals surface area contributed by atoms with Crippen LogP contribution in [0.2, 0.25) is 0 Å². The highest BCUT2D eigenvalue weighted by Crippen LogP contribution is 2.27. The van der Waals surface area contributed by atoms with Crippen molar-refractivity contribution in [3.63, 3.8) is 0 Å². The molecular weight excluding hydrogens is 256 g/mol. The van der Waals surface area contributed by atoms with Gasteiger partial charge in [0.2, 0.25) is 0 Å². The van der Waals surface area contributed by atoms with Crippen molar-refractivity contribution < 1.29 is 9.90 Å². The zero-order chi connectivity index (χ0) is 14.3. The van der Waals surface area contributed by atoms with Crippen LogP contribution >= 0.6 is 0 Å². The highest BCUT2D eigenvalue weighted by molar-refractivity contribution is 5.92. The van der Waals surface area contributed by atoms with E-state index in [2.05, 4.69) is 10.1 Å². The number of nitrogens with zero attached hydrogens (tertiary/aromatic N) is 4. The predicted octanol–water partition coefficient (Wildman–Crippen LogP) is 2.08. The van der Waals surface area contributed by atoms with Crippen molar-refractivity contribution in [3.8, 4) is 11.1 Å². The summed E-state index contributed by atoms with van der Waals surface area (Å²) in [6.45, 7) is 1.60. The van der Waals surface area contributed by atoms with Gasteiger partial charge < -0.3 is 9.67 Å². The summed E-state index contributed by atoms with van der Waals surface area (Å²) < 4.78 is 3.40. The van der Waals surface area contributed by atoms with Crippen LogP contribution < -0.4 is 0 Å². The highest BCUT2D eigenvalue weighted by Gasteiger charge is 2.15. The Kier molecular flexibility index (Phi) is 2.78. The average molecular weight is 270 g/mol. The fraction of sp³-hybridized carbons (Fsp3) is 0.214. The summed E-state index contributed by atoms with van der Waals surface area (Å²) in [5.74, 6) is -0.903. The number of hydrogen-bond donors (Lipinski definition) is 1. The smallest absolute Gasteiger partial charge is 0.328 e. The van der Waals surface area contributed by atoms with Crippen molar-refractivity contribution in [2.24, 2.45) is 7.05 Å². The Morgan fingerprint density at radius 2 is 2.20 bits per heavy atom. The van der Waals surface area contributed by atoms with E-state index >= 15 is 0 Å². The highest BCUT2D eigenvalue weighted by atomic mass is 16.4. The van der Waals surface area contributed by atoms with E-state index in [1.807, 2.05) is 29.9 Å². The molecule has 0 aromatic carbocycles. The molecule has 3 rings (SSSR count). The van der Waals surface area contributed by atoms with Gasteiger partial charge in [-0.2, -0.15) is 5.10 Å². The Morgan fingerprint density at radius 3 is 2.95 bits per heavy atom. The SMILES string of the molecule is C[C@@H](C(=O)O)n1cc(-c2ccnc3c2ccn3C)cn1. The topological polar surface area (TPSA) is 72.9 Å². The number of carbonyl (C=O) groups is 1. The van der Waals surface area contributed by atoms with Gasteiger partial charge in [0.25, 0.3) is 0 Å². The first-order chi connectivity index (χ1) is 9.58. The summed E-state index contributed by atoms with van der Waals surface area (Å²) in [7, 11) is 1.94. The van der Waals surface area contributed by atoms with Crippen molar-refractivity contribution in [2.75, 3.05) is 0 Å². The van der Waals surface area contributed by atoms with Crippen molar-refractivity contribution in [1.82, 2.24) is 19.3 Å². The summed E-state index contributed by atoms with van der Waals surface area (Å²) in [5.41, 5.74) is 2.78. The number of rotatable bonds is 3. The van der Waals surface area contributed by atoms with E-state index in [0.717, 1.165) is 22.2 Å². The summed E-state index contributed by atoms with van der Waals surface area (Å²) in [5, 5.41) is 14.2. The lowest BCUT2D eigenvalue weighted by molar-refractivity contribution is -0.140. The average Bonchev–Trinajstić information content (AvgIpc) is 3.05. The minimum absolute atomic E-state index is 0.683. The minimum atomic E-state index is -0.903. The lowest BCUT2D eigenvalue weighted by atomic mass is 10.1. The van der Waals surface area contributed by atoms with E-state index in [9.17, 15) is 4.79 Å². The minimum Gasteiger partial charge on any atom is -0.480 e. The Labute approximate surface area is 115 Å². The van der Waals surface area contributed by atoms with Crippen LogP contribution in [0.4, 0.5) is 0 Å². The van der Waals surface area contributed by atoms with Crippen LogP contribution in [0.1, 0.15) is 13.0 Å². The van der Waals surface area contributed by atoms with E-state index in [4.69, 9.17) is 5.11 Å². The van der Waals surface area contributed by atoms with Gasteiger partial charge in [-0.1, -0.05) is 0 Å². The Bertz CT molecular complexity index is 787. The number of carboxylic acids is 1. The molecule has 20 heavy (non-hydrogen) atoms. The third-order valence-corrected chi connectivity index (χ3v) is 3.43. The van der Waals surface area contributed by atoms with Gasteiger partial charge in [-0.05, 0) is 24.6 Å². The molecule has 0 radical (unpaired) electrons. The van der Waals surface area contributed by atoms with E-state index in [-0.39, 0.29) is 0 Å². The molecule has 3 heterocycles. The molecule has 0 fully saturated rings. The fourth-order valence-corrected chi connectivity index (χ4v) is 2.22. The normalized spacial score (nSPS) is 12.7. The molecule has 0 saturated heterocycles. The number of hydrogen-bond acceptors (Lipinski definition) is 3. The van der Waals surface area contributed by atoms with Crippen LogP contribution in [-0.2, 0) is 11.8 Å². The number of carboxylic acid groups (broad SMARTS) is 1. The number of aliphatic carboxylic acids is 1. The number of pyridine rings is 1. The van der Waals surface area contributed by atoms with Gasteiger partial charge in [0.1, 0.15) is 11.7 Å². The molecule has 1 atom stereocenters. The molecule has 0 saturated carbocycles. The van der Waals surface area contributed by atoms with Crippen LogP contribution in [0.15, 0.2) is 36.9 Å². The van der Waals surface area contributed by atoms with Crippen LogP contribution in [0.3, 0.4) is 0 Å². The van der Waals surface area contributed by atoms with E-state index in [1.165, 1.54) is 4.68 Å². The monoisotopic (exact) mass is 270 g/mol. The first kappa shape index (κ1) is 12.4. The molecule has 3 aromatic rings. The van der Waals surface area contributed by atoms with Gasteiger partial charge in [-0.25, -0.2) is 9.78 Å². The third kappa shape index (κ3) is 1.85. The molecule has 0 bridgehead atoms. The van der Waals surface area contributed by atoms with Gasteiger partial charge in [0.15, 0.2) is 0 Å². The standard InChI is InChI=1S/C14H14N4O2/c1-9(14(19)20)18-8-10(7-16-18)11-3-5-15-13-12(11)4-6-17(13)2/h3-9H,1-2H3,(H,19,20)/t9-/m0/s1. The summed E-state index contributed by atoms with van der Waals surface area (Å²) >= 11 is 0. The number of aryl methyl sites for hydroxylation is 1. The second-order valence-electron chi connectivity index (χ2n) is 4.75. The quantitative estimate of drug-likeness (QED) is 0.790. The van der Waals surface area contributed by atoms with Crippen molar-refractivity contribution in [2.45, 2.75) is 13.0 Å². The molecule has 0 unspecified atom stereocenters. The second kappa shape index (κ2) is 4.48. The molecule has 0 aliphatic rings. The lowest BCUT2D eigenvalue weighted by Crippen LogP contribution is -2.15. The number of fused-ring (bicyclic) bond motifs is 1. The molecule has 3 aromatic heterocycles. The predicted molar refractivity (Wildman–Crippen MR) is 74.3 cm³/mol. The molecule has 102 valence electrons. The van der Waals surface area contributed by atoms with E-state index < -0.39 is 12.0 Å². The lowest BCUT2D eigenvalue weighted by Gasteiger charge is -2.05. The Hall–Kier alpha value is -2.63. The van der Waals surface area contributed by atoms with Crippen LogP contribution in [0.25, 0.3) is 22.2 Å².